The van der Waals surface area contributed by atoms with Crippen molar-refractivity contribution in [2.24, 2.45) is 11.5 Å². The van der Waals surface area contributed by atoms with Gasteiger partial charge in [0, 0.05) is 11.3 Å². The molecule has 0 spiro atoms. The van der Waals surface area contributed by atoms with E-state index in [1.165, 1.54) is 19.9 Å². The van der Waals surface area contributed by atoms with Crippen molar-refractivity contribution in [1.82, 2.24) is 0 Å². The Labute approximate surface area is 119 Å². The quantitative estimate of drug-likeness (QED) is 0.743. The number of rotatable bonds is 4. The van der Waals surface area contributed by atoms with Crippen LogP contribution in [0.3, 0.4) is 0 Å². The summed E-state index contributed by atoms with van der Waals surface area (Å²) in [7, 11) is 0. The van der Waals surface area contributed by atoms with E-state index in [1.54, 1.807) is 0 Å². The summed E-state index contributed by atoms with van der Waals surface area (Å²) in [5, 5.41) is 2.64. The van der Waals surface area contributed by atoms with Crippen LogP contribution in [0.5, 0.6) is 0 Å². The Hall–Kier alpha value is -1.83. The number of nitrogens with two attached hydrogens (primary N) is 2. The normalized spacial score (nSPS) is 12.1. The van der Waals surface area contributed by atoms with E-state index in [0.29, 0.717) is 0 Å². The second kappa shape index (κ2) is 5.28. The number of primary amides is 1. The summed E-state index contributed by atoms with van der Waals surface area (Å²) in [6, 6.07) is 3.36. The van der Waals surface area contributed by atoms with Gasteiger partial charge >= 0.3 is 6.18 Å². The Morgan fingerprint density at radius 1 is 1.25 bits per heavy atom. The number of carbonyl (C=O) groups excluding carboxylic acids is 1. The second-order valence-electron chi connectivity index (χ2n) is 4.74. The predicted molar refractivity (Wildman–Crippen MR) is 74.2 cm³/mol. The number of alkyl halides is 3. The van der Waals surface area contributed by atoms with Gasteiger partial charge in [-0.05, 0) is 32.0 Å². The Balaban J connectivity index is 3.27. The molecule has 0 aliphatic heterocycles. The van der Waals surface area contributed by atoms with Crippen molar-refractivity contribution in [1.29, 1.82) is 0 Å². The molecule has 0 saturated carbocycles. The third-order valence-corrected chi connectivity index (χ3v) is 2.88. The fourth-order valence-electron chi connectivity index (χ4n) is 1.49. The molecule has 0 unspecified atom stereocenters. The highest BCUT2D eigenvalue weighted by molar-refractivity contribution is 7.80. The molecule has 0 saturated heterocycles. The zero-order valence-corrected chi connectivity index (χ0v) is 11.7. The van der Waals surface area contributed by atoms with E-state index in [2.05, 4.69) is 17.5 Å². The minimum Gasteiger partial charge on any atom is -0.389 e. The molecule has 8 heteroatoms. The first-order valence-corrected chi connectivity index (χ1v) is 5.95. The van der Waals surface area contributed by atoms with E-state index in [-0.39, 0.29) is 16.2 Å². The molecule has 0 aromatic heterocycles. The molecule has 5 N–H and O–H groups in total. The van der Waals surface area contributed by atoms with Gasteiger partial charge in [-0.15, -0.1) is 0 Å². The summed E-state index contributed by atoms with van der Waals surface area (Å²) in [5.41, 5.74) is 8.11. The van der Waals surface area contributed by atoms with Gasteiger partial charge in [-0.25, -0.2) is 0 Å². The molecule has 0 atom stereocenters. The summed E-state index contributed by atoms with van der Waals surface area (Å²) in [5.74, 6) is -0.690. The number of amides is 1. The average molecular weight is 305 g/mol. The van der Waals surface area contributed by atoms with E-state index in [9.17, 15) is 18.0 Å². The Bertz CT molecular complexity index is 555. The first-order chi connectivity index (χ1) is 8.95. The summed E-state index contributed by atoms with van der Waals surface area (Å²) >= 11 is 4.60. The monoisotopic (exact) mass is 305 g/mol. The molecule has 0 aliphatic rings. The highest BCUT2D eigenvalue weighted by Crippen LogP contribution is 2.34. The summed E-state index contributed by atoms with van der Waals surface area (Å²) < 4.78 is 38.8. The van der Waals surface area contributed by atoms with Gasteiger partial charge in [-0.3, -0.25) is 4.79 Å². The van der Waals surface area contributed by atoms with Crippen LogP contribution in [-0.2, 0) is 11.0 Å². The van der Waals surface area contributed by atoms with Crippen molar-refractivity contribution in [2.45, 2.75) is 25.6 Å². The smallest absolute Gasteiger partial charge is 0.389 e. The van der Waals surface area contributed by atoms with E-state index in [0.717, 1.165) is 12.1 Å². The molecular formula is C12H14F3N3OS. The van der Waals surface area contributed by atoms with Gasteiger partial charge in [-0.2, -0.15) is 13.2 Å². The van der Waals surface area contributed by atoms with Crippen LogP contribution in [0.25, 0.3) is 0 Å². The summed E-state index contributed by atoms with van der Waals surface area (Å²) in [6.07, 6.45) is -4.60. The number of hydrogen-bond donors (Lipinski definition) is 3. The lowest BCUT2D eigenvalue weighted by atomic mass is 10.0. The molecule has 0 fully saturated rings. The molecule has 110 valence electrons. The summed E-state index contributed by atoms with van der Waals surface area (Å²) in [4.78, 5) is 10.8. The van der Waals surface area contributed by atoms with Crippen LogP contribution in [0.2, 0.25) is 0 Å². The molecular weight excluding hydrogens is 291 g/mol. The van der Waals surface area contributed by atoms with Crippen LogP contribution in [0.1, 0.15) is 25.0 Å². The number of anilines is 1. The van der Waals surface area contributed by atoms with Gasteiger partial charge in [0.05, 0.1) is 5.56 Å². The first-order valence-electron chi connectivity index (χ1n) is 5.54. The standard InChI is InChI=1S/C12H14F3N3OS/c1-11(2,10(17)19)18-6-3-4-7(9(16)20)8(5-6)12(13,14)15/h3-5,18H,1-2H3,(H2,16,20)(H2,17,19). The minimum atomic E-state index is -4.60. The molecule has 0 aliphatic carbocycles. The Morgan fingerprint density at radius 3 is 2.20 bits per heavy atom. The molecule has 0 radical (unpaired) electrons. The maximum atomic E-state index is 12.9. The number of thiocarbonyl (C=S) groups is 1. The van der Waals surface area contributed by atoms with E-state index in [1.807, 2.05) is 0 Å². The van der Waals surface area contributed by atoms with Crippen molar-refractivity contribution < 1.29 is 18.0 Å². The van der Waals surface area contributed by atoms with Crippen molar-refractivity contribution in [3.63, 3.8) is 0 Å². The van der Waals surface area contributed by atoms with Crippen molar-refractivity contribution in [3.05, 3.63) is 29.3 Å². The number of hydrogen-bond acceptors (Lipinski definition) is 3. The fourth-order valence-corrected chi connectivity index (χ4v) is 1.67. The maximum Gasteiger partial charge on any atom is 0.417 e. The van der Waals surface area contributed by atoms with Crippen LogP contribution in [0.15, 0.2) is 18.2 Å². The van der Waals surface area contributed by atoms with Crippen molar-refractivity contribution in [3.8, 4) is 0 Å². The number of halogens is 3. The lowest BCUT2D eigenvalue weighted by Crippen LogP contribution is -2.45. The number of nitrogens with one attached hydrogen (secondary N) is 1. The van der Waals surface area contributed by atoms with Gasteiger partial charge in [0.25, 0.3) is 0 Å². The van der Waals surface area contributed by atoms with Gasteiger partial charge in [0.15, 0.2) is 0 Å². The summed E-state index contributed by atoms with van der Waals surface area (Å²) in [6.45, 7) is 2.92. The lowest BCUT2D eigenvalue weighted by molar-refractivity contribution is -0.137. The highest BCUT2D eigenvalue weighted by atomic mass is 32.1. The largest absolute Gasteiger partial charge is 0.417 e. The zero-order valence-electron chi connectivity index (χ0n) is 10.8. The predicted octanol–water partition coefficient (Wildman–Crippen LogP) is 2.02. The van der Waals surface area contributed by atoms with Gasteiger partial charge < -0.3 is 16.8 Å². The number of carbonyl (C=O) groups is 1. The zero-order chi connectivity index (χ0) is 15.7. The average Bonchev–Trinajstić information content (AvgIpc) is 2.26. The maximum absolute atomic E-state index is 12.9. The van der Waals surface area contributed by atoms with Crippen LogP contribution in [0, 0.1) is 0 Å². The molecule has 1 aromatic rings. The Morgan fingerprint density at radius 2 is 1.80 bits per heavy atom. The lowest BCUT2D eigenvalue weighted by Gasteiger charge is -2.24. The minimum absolute atomic E-state index is 0.0983. The molecule has 1 amide bonds. The topological polar surface area (TPSA) is 81.1 Å². The highest BCUT2D eigenvalue weighted by Gasteiger charge is 2.35. The van der Waals surface area contributed by atoms with Crippen molar-refractivity contribution in [2.75, 3.05) is 5.32 Å². The molecule has 1 rings (SSSR count). The van der Waals surface area contributed by atoms with E-state index < -0.39 is 23.2 Å². The van der Waals surface area contributed by atoms with Gasteiger partial charge in [0.1, 0.15) is 10.5 Å². The molecule has 20 heavy (non-hydrogen) atoms. The third-order valence-electron chi connectivity index (χ3n) is 2.66. The van der Waals surface area contributed by atoms with Crippen LogP contribution in [-0.4, -0.2) is 16.4 Å². The van der Waals surface area contributed by atoms with Crippen molar-refractivity contribution >= 4 is 28.8 Å². The Kier molecular flexibility index (Phi) is 4.28. The van der Waals surface area contributed by atoms with E-state index in [4.69, 9.17) is 11.5 Å². The van der Waals surface area contributed by atoms with Crippen LogP contribution < -0.4 is 16.8 Å². The molecule has 0 heterocycles. The fraction of sp³-hybridized carbons (Fsp3) is 0.333. The SMILES string of the molecule is CC(C)(Nc1ccc(C(N)=S)c(C(F)(F)F)c1)C(N)=O. The third kappa shape index (κ3) is 3.60. The molecule has 4 nitrogen and oxygen atoms in total. The van der Waals surface area contributed by atoms with Crippen LogP contribution in [0.4, 0.5) is 18.9 Å². The molecule has 1 aromatic carbocycles. The molecule has 0 bridgehead atoms. The van der Waals surface area contributed by atoms with Gasteiger partial charge in [-0.1, -0.05) is 12.2 Å². The van der Waals surface area contributed by atoms with E-state index >= 15 is 0 Å². The number of benzene rings is 1. The van der Waals surface area contributed by atoms with Crippen LogP contribution >= 0.6 is 12.2 Å². The first kappa shape index (κ1) is 16.2. The van der Waals surface area contributed by atoms with Gasteiger partial charge in [0.2, 0.25) is 5.91 Å². The second-order valence-corrected chi connectivity index (χ2v) is 5.18.